The number of hydrogen-bond acceptors (Lipinski definition) is 3. The zero-order chi connectivity index (χ0) is 8.97. The highest BCUT2D eigenvalue weighted by molar-refractivity contribution is 5.51. The highest BCUT2D eigenvalue weighted by Gasteiger charge is 1.98. The standard InChI is InChI=1S/C9H14N2O/c1-2-9(12)11-8-5-3-7(10)4-6-8/h3-6,9,11-12H,2,10H2,1H3. The number of benzene rings is 1. The molecule has 3 nitrogen and oxygen atoms in total. The van der Waals surface area contributed by atoms with Gasteiger partial charge in [-0.15, -0.1) is 0 Å². The first-order valence-corrected chi connectivity index (χ1v) is 4.02. The molecule has 66 valence electrons. The van der Waals surface area contributed by atoms with E-state index in [-0.39, 0.29) is 0 Å². The molecular formula is C9H14N2O. The maximum absolute atomic E-state index is 9.24. The molecule has 1 rings (SSSR count). The lowest BCUT2D eigenvalue weighted by Gasteiger charge is -2.11. The van der Waals surface area contributed by atoms with Gasteiger partial charge in [0.05, 0.1) is 0 Å². The van der Waals surface area contributed by atoms with Crippen LogP contribution in [-0.4, -0.2) is 11.3 Å². The number of nitrogen functional groups attached to an aromatic ring is 1. The van der Waals surface area contributed by atoms with Gasteiger partial charge >= 0.3 is 0 Å². The number of anilines is 2. The van der Waals surface area contributed by atoms with Crippen molar-refractivity contribution in [2.75, 3.05) is 11.1 Å². The molecule has 0 aliphatic rings. The lowest BCUT2D eigenvalue weighted by molar-refractivity contribution is 0.199. The first kappa shape index (κ1) is 8.87. The highest BCUT2D eigenvalue weighted by atomic mass is 16.3. The van der Waals surface area contributed by atoms with E-state index in [4.69, 9.17) is 5.73 Å². The van der Waals surface area contributed by atoms with Crippen molar-refractivity contribution in [3.63, 3.8) is 0 Å². The third kappa shape index (κ3) is 2.43. The molecule has 1 aromatic rings. The molecule has 0 radical (unpaired) electrons. The molecule has 0 spiro atoms. The summed E-state index contributed by atoms with van der Waals surface area (Å²) in [6.45, 7) is 1.91. The highest BCUT2D eigenvalue weighted by Crippen LogP contribution is 2.11. The summed E-state index contributed by atoms with van der Waals surface area (Å²) >= 11 is 0. The molecule has 3 heteroatoms. The van der Waals surface area contributed by atoms with Crippen LogP contribution in [0, 0.1) is 0 Å². The molecule has 4 N–H and O–H groups in total. The average molecular weight is 166 g/mol. The second-order valence-electron chi connectivity index (χ2n) is 2.69. The van der Waals surface area contributed by atoms with E-state index < -0.39 is 6.23 Å². The normalized spacial score (nSPS) is 12.5. The smallest absolute Gasteiger partial charge is 0.124 e. The molecule has 0 aliphatic heterocycles. The van der Waals surface area contributed by atoms with E-state index in [9.17, 15) is 5.11 Å². The van der Waals surface area contributed by atoms with Crippen molar-refractivity contribution >= 4 is 11.4 Å². The second-order valence-corrected chi connectivity index (χ2v) is 2.69. The Kier molecular flexibility index (Phi) is 2.94. The Morgan fingerprint density at radius 2 is 2.00 bits per heavy atom. The molecule has 1 atom stereocenters. The van der Waals surface area contributed by atoms with Crippen LogP contribution >= 0.6 is 0 Å². The van der Waals surface area contributed by atoms with Crippen molar-refractivity contribution in [3.05, 3.63) is 24.3 Å². The number of nitrogens with two attached hydrogens (primary N) is 1. The van der Waals surface area contributed by atoms with Gasteiger partial charge < -0.3 is 16.2 Å². The van der Waals surface area contributed by atoms with Crippen LogP contribution in [0.4, 0.5) is 11.4 Å². The molecule has 0 heterocycles. The van der Waals surface area contributed by atoms with Gasteiger partial charge in [-0.2, -0.15) is 0 Å². The maximum atomic E-state index is 9.24. The van der Waals surface area contributed by atoms with Gasteiger partial charge in [0.2, 0.25) is 0 Å². The van der Waals surface area contributed by atoms with Crippen LogP contribution in [0.3, 0.4) is 0 Å². The third-order valence-corrected chi connectivity index (χ3v) is 1.63. The SMILES string of the molecule is CCC(O)Nc1ccc(N)cc1. The Bertz CT molecular complexity index is 233. The van der Waals surface area contributed by atoms with Gasteiger partial charge in [-0.1, -0.05) is 6.92 Å². The van der Waals surface area contributed by atoms with E-state index in [0.717, 1.165) is 11.4 Å². The van der Waals surface area contributed by atoms with Crippen LogP contribution < -0.4 is 11.1 Å². The minimum Gasteiger partial charge on any atom is -0.399 e. The Hall–Kier alpha value is -1.22. The molecule has 12 heavy (non-hydrogen) atoms. The second kappa shape index (κ2) is 3.97. The predicted octanol–water partition coefficient (Wildman–Crippen LogP) is 1.41. The van der Waals surface area contributed by atoms with Gasteiger partial charge in [-0.05, 0) is 30.7 Å². The summed E-state index contributed by atoms with van der Waals surface area (Å²) in [7, 11) is 0. The van der Waals surface area contributed by atoms with Crippen molar-refractivity contribution in [2.24, 2.45) is 0 Å². The van der Waals surface area contributed by atoms with Gasteiger partial charge in [0.25, 0.3) is 0 Å². The van der Waals surface area contributed by atoms with Crippen LogP contribution in [0.25, 0.3) is 0 Å². The monoisotopic (exact) mass is 166 g/mol. The Labute approximate surface area is 72.2 Å². The number of aliphatic hydroxyl groups is 1. The van der Waals surface area contributed by atoms with Crippen LogP contribution in [0.5, 0.6) is 0 Å². The van der Waals surface area contributed by atoms with E-state index in [1.807, 2.05) is 19.1 Å². The Balaban J connectivity index is 2.58. The van der Waals surface area contributed by atoms with Gasteiger partial charge in [0.1, 0.15) is 6.23 Å². The summed E-state index contributed by atoms with van der Waals surface area (Å²) in [6.07, 6.45) is 0.207. The molecule has 0 saturated carbocycles. The molecule has 1 unspecified atom stereocenters. The van der Waals surface area contributed by atoms with Crippen molar-refractivity contribution in [3.8, 4) is 0 Å². The fourth-order valence-corrected chi connectivity index (χ4v) is 0.874. The van der Waals surface area contributed by atoms with Crippen LogP contribution in [0.1, 0.15) is 13.3 Å². The fraction of sp³-hybridized carbons (Fsp3) is 0.333. The average Bonchev–Trinajstić information content (AvgIpc) is 2.09. The molecule has 0 amide bonds. The first-order chi connectivity index (χ1) is 5.72. The summed E-state index contributed by atoms with van der Waals surface area (Å²) in [5, 5.41) is 12.2. The minimum atomic E-state index is -0.478. The molecule has 0 saturated heterocycles. The summed E-state index contributed by atoms with van der Waals surface area (Å²) in [5.74, 6) is 0. The molecule has 0 fully saturated rings. The van der Waals surface area contributed by atoms with Crippen molar-refractivity contribution < 1.29 is 5.11 Å². The van der Waals surface area contributed by atoms with E-state index in [1.165, 1.54) is 0 Å². The van der Waals surface area contributed by atoms with E-state index in [0.29, 0.717) is 6.42 Å². The third-order valence-electron chi connectivity index (χ3n) is 1.63. The lowest BCUT2D eigenvalue weighted by Crippen LogP contribution is -2.16. The zero-order valence-corrected chi connectivity index (χ0v) is 7.12. The van der Waals surface area contributed by atoms with Crippen molar-refractivity contribution in [2.45, 2.75) is 19.6 Å². The van der Waals surface area contributed by atoms with E-state index >= 15 is 0 Å². The lowest BCUT2D eigenvalue weighted by atomic mass is 10.3. The van der Waals surface area contributed by atoms with Crippen LogP contribution in [0.15, 0.2) is 24.3 Å². The number of nitrogens with one attached hydrogen (secondary N) is 1. The van der Waals surface area contributed by atoms with E-state index in [2.05, 4.69) is 5.32 Å². The fourth-order valence-electron chi connectivity index (χ4n) is 0.874. The van der Waals surface area contributed by atoms with Crippen molar-refractivity contribution in [1.82, 2.24) is 0 Å². The van der Waals surface area contributed by atoms with Crippen LogP contribution in [-0.2, 0) is 0 Å². The Morgan fingerprint density at radius 1 is 1.42 bits per heavy atom. The topological polar surface area (TPSA) is 58.3 Å². The molecule has 0 bridgehead atoms. The minimum absolute atomic E-state index is 0.478. The van der Waals surface area contributed by atoms with E-state index in [1.54, 1.807) is 12.1 Å². The van der Waals surface area contributed by atoms with Gasteiger partial charge in [-0.25, -0.2) is 0 Å². The van der Waals surface area contributed by atoms with Crippen LogP contribution in [0.2, 0.25) is 0 Å². The van der Waals surface area contributed by atoms with Gasteiger partial charge in [0, 0.05) is 11.4 Å². The van der Waals surface area contributed by atoms with Gasteiger partial charge in [0.15, 0.2) is 0 Å². The zero-order valence-electron chi connectivity index (χ0n) is 7.12. The van der Waals surface area contributed by atoms with Crippen molar-refractivity contribution in [1.29, 1.82) is 0 Å². The number of rotatable bonds is 3. The predicted molar refractivity (Wildman–Crippen MR) is 50.8 cm³/mol. The quantitative estimate of drug-likeness (QED) is 0.470. The largest absolute Gasteiger partial charge is 0.399 e. The summed E-state index contributed by atoms with van der Waals surface area (Å²) in [6, 6.07) is 7.28. The molecular weight excluding hydrogens is 152 g/mol. The van der Waals surface area contributed by atoms with Gasteiger partial charge in [-0.3, -0.25) is 0 Å². The summed E-state index contributed by atoms with van der Waals surface area (Å²) < 4.78 is 0. The summed E-state index contributed by atoms with van der Waals surface area (Å²) in [4.78, 5) is 0. The summed E-state index contributed by atoms with van der Waals surface area (Å²) in [5.41, 5.74) is 7.12. The maximum Gasteiger partial charge on any atom is 0.124 e. The molecule has 0 aromatic heterocycles. The molecule has 0 aliphatic carbocycles. The number of aliphatic hydroxyl groups excluding tert-OH is 1. The first-order valence-electron chi connectivity index (χ1n) is 4.02. The molecule has 1 aromatic carbocycles. The Morgan fingerprint density at radius 3 is 2.50 bits per heavy atom. The number of hydrogen-bond donors (Lipinski definition) is 3.